The van der Waals surface area contributed by atoms with E-state index < -0.39 is 11.0 Å². The maximum absolute atomic E-state index is 12.5. The Morgan fingerprint density at radius 1 is 1.24 bits per heavy atom. The van der Waals surface area contributed by atoms with Crippen LogP contribution in [-0.2, 0) is 11.0 Å². The van der Waals surface area contributed by atoms with Gasteiger partial charge in [-0.3, -0.25) is 0 Å². The first-order valence-corrected chi connectivity index (χ1v) is 7.34. The van der Waals surface area contributed by atoms with Crippen LogP contribution in [0, 0.1) is 0 Å². The molecular formula is C14H21NOS. The third-order valence-corrected chi connectivity index (χ3v) is 5.04. The highest BCUT2D eigenvalue weighted by molar-refractivity contribution is 7.84. The van der Waals surface area contributed by atoms with Gasteiger partial charge in [0.05, 0.1) is 4.75 Å². The van der Waals surface area contributed by atoms with Gasteiger partial charge in [0.15, 0.2) is 0 Å². The predicted molar refractivity (Wildman–Crippen MR) is 73.0 cm³/mol. The summed E-state index contributed by atoms with van der Waals surface area (Å²) in [6.07, 6.45) is 2.26. The van der Waals surface area contributed by atoms with E-state index in [4.69, 9.17) is 0 Å². The fourth-order valence-corrected chi connectivity index (χ4v) is 3.76. The maximum Gasteiger partial charge on any atom is 0.100 e. The van der Waals surface area contributed by atoms with Crippen molar-refractivity contribution >= 4 is 11.0 Å². The van der Waals surface area contributed by atoms with Crippen LogP contribution in [0.25, 0.3) is 0 Å². The van der Waals surface area contributed by atoms with Crippen molar-refractivity contribution in [3.63, 3.8) is 0 Å². The van der Waals surface area contributed by atoms with Crippen molar-refractivity contribution in [1.82, 2.24) is 4.31 Å². The minimum absolute atomic E-state index is 0.169. The van der Waals surface area contributed by atoms with Crippen LogP contribution < -0.4 is 0 Å². The number of hydrogen-bond donors (Lipinski definition) is 0. The van der Waals surface area contributed by atoms with Crippen molar-refractivity contribution < 1.29 is 4.21 Å². The van der Waals surface area contributed by atoms with Gasteiger partial charge in [-0.25, -0.2) is 8.51 Å². The average molecular weight is 251 g/mol. The standard InChI is InChI=1S/C14H21NOS/c1-14(2,3)17(16)15-11-7-10-13(15)12-8-5-4-6-9-12/h4-6,8-9,13H,7,10-11H2,1-3H3/t13-,17+/m0/s1. The topological polar surface area (TPSA) is 20.3 Å². The van der Waals surface area contributed by atoms with E-state index in [0.717, 1.165) is 19.4 Å². The first-order chi connectivity index (χ1) is 8.00. The average Bonchev–Trinajstić information content (AvgIpc) is 2.76. The van der Waals surface area contributed by atoms with Gasteiger partial charge in [0.25, 0.3) is 0 Å². The Balaban J connectivity index is 2.22. The second-order valence-electron chi connectivity index (χ2n) is 5.57. The van der Waals surface area contributed by atoms with E-state index in [0.29, 0.717) is 6.04 Å². The summed E-state index contributed by atoms with van der Waals surface area (Å²) in [6.45, 7) is 7.08. The Morgan fingerprint density at radius 3 is 2.47 bits per heavy atom. The van der Waals surface area contributed by atoms with Crippen LogP contribution in [0.5, 0.6) is 0 Å². The highest BCUT2D eigenvalue weighted by Gasteiger charge is 2.35. The van der Waals surface area contributed by atoms with Gasteiger partial charge in [-0.1, -0.05) is 30.3 Å². The molecule has 17 heavy (non-hydrogen) atoms. The molecule has 1 heterocycles. The van der Waals surface area contributed by atoms with E-state index >= 15 is 0 Å². The third kappa shape index (κ3) is 2.78. The van der Waals surface area contributed by atoms with Crippen molar-refractivity contribution in [3.8, 4) is 0 Å². The normalized spacial score (nSPS) is 23.8. The molecule has 0 N–H and O–H groups in total. The van der Waals surface area contributed by atoms with Gasteiger partial charge in [-0.05, 0) is 39.2 Å². The van der Waals surface area contributed by atoms with E-state index in [1.807, 2.05) is 26.8 Å². The van der Waals surface area contributed by atoms with Gasteiger partial charge < -0.3 is 0 Å². The zero-order valence-electron chi connectivity index (χ0n) is 10.8. The van der Waals surface area contributed by atoms with Crippen LogP contribution in [0.2, 0.25) is 0 Å². The molecule has 0 unspecified atom stereocenters. The summed E-state index contributed by atoms with van der Waals surface area (Å²) in [6, 6.07) is 10.8. The van der Waals surface area contributed by atoms with Gasteiger partial charge in [-0.2, -0.15) is 0 Å². The van der Waals surface area contributed by atoms with Gasteiger partial charge in [0.2, 0.25) is 0 Å². The summed E-state index contributed by atoms with van der Waals surface area (Å²) in [7, 11) is -0.910. The lowest BCUT2D eigenvalue weighted by Gasteiger charge is -2.30. The molecule has 94 valence electrons. The molecule has 0 aromatic heterocycles. The molecule has 1 aliphatic heterocycles. The summed E-state index contributed by atoms with van der Waals surface area (Å²) in [4.78, 5) is 0. The molecule has 0 aliphatic carbocycles. The highest BCUT2D eigenvalue weighted by Crippen LogP contribution is 2.35. The Kier molecular flexibility index (Phi) is 3.69. The van der Waals surface area contributed by atoms with E-state index in [-0.39, 0.29) is 4.75 Å². The molecule has 1 fully saturated rings. The molecule has 0 radical (unpaired) electrons. The highest BCUT2D eigenvalue weighted by atomic mass is 32.2. The Labute approximate surface area is 107 Å². The van der Waals surface area contributed by atoms with Crippen LogP contribution in [0.1, 0.15) is 45.2 Å². The maximum atomic E-state index is 12.5. The van der Waals surface area contributed by atoms with E-state index in [1.165, 1.54) is 5.56 Å². The van der Waals surface area contributed by atoms with Crippen LogP contribution in [0.3, 0.4) is 0 Å². The molecule has 1 aromatic carbocycles. The largest absolute Gasteiger partial charge is 0.242 e. The van der Waals surface area contributed by atoms with Crippen molar-refractivity contribution in [2.45, 2.75) is 44.4 Å². The first-order valence-electron chi connectivity index (χ1n) is 6.24. The van der Waals surface area contributed by atoms with Crippen LogP contribution >= 0.6 is 0 Å². The van der Waals surface area contributed by atoms with Gasteiger partial charge in [0, 0.05) is 12.6 Å². The molecule has 1 aromatic rings. The fourth-order valence-electron chi connectivity index (χ4n) is 2.30. The molecular weight excluding hydrogens is 230 g/mol. The summed E-state index contributed by atoms with van der Waals surface area (Å²) < 4.78 is 14.5. The minimum Gasteiger partial charge on any atom is -0.242 e. The van der Waals surface area contributed by atoms with Gasteiger partial charge in [-0.15, -0.1) is 0 Å². The summed E-state index contributed by atoms with van der Waals surface area (Å²) in [5, 5.41) is 0. The van der Waals surface area contributed by atoms with Crippen LogP contribution in [0.4, 0.5) is 0 Å². The molecule has 0 amide bonds. The fraction of sp³-hybridized carbons (Fsp3) is 0.571. The molecule has 2 atom stereocenters. The molecule has 0 spiro atoms. The van der Waals surface area contributed by atoms with E-state index in [2.05, 4.69) is 28.6 Å². The smallest absolute Gasteiger partial charge is 0.100 e. The Morgan fingerprint density at radius 2 is 1.88 bits per heavy atom. The van der Waals surface area contributed by atoms with Crippen molar-refractivity contribution in [2.75, 3.05) is 6.54 Å². The zero-order valence-corrected chi connectivity index (χ0v) is 11.7. The molecule has 1 aliphatic rings. The first kappa shape index (κ1) is 12.8. The lowest BCUT2D eigenvalue weighted by atomic mass is 10.1. The molecule has 0 saturated carbocycles. The lowest BCUT2D eigenvalue weighted by molar-refractivity contribution is 0.416. The third-order valence-electron chi connectivity index (χ3n) is 3.12. The minimum atomic E-state index is -0.910. The summed E-state index contributed by atoms with van der Waals surface area (Å²) in [5.74, 6) is 0. The van der Waals surface area contributed by atoms with Gasteiger partial charge >= 0.3 is 0 Å². The SMILES string of the molecule is CC(C)(C)[S@@](=O)N1CCC[C@H]1c1ccccc1. The number of rotatable bonds is 2. The molecule has 1 saturated heterocycles. The zero-order chi connectivity index (χ0) is 12.5. The monoisotopic (exact) mass is 251 g/mol. The van der Waals surface area contributed by atoms with Gasteiger partial charge in [0.1, 0.15) is 11.0 Å². The summed E-state index contributed by atoms with van der Waals surface area (Å²) >= 11 is 0. The molecule has 3 heteroatoms. The number of nitrogens with zero attached hydrogens (tertiary/aromatic N) is 1. The second kappa shape index (κ2) is 4.91. The molecule has 0 bridgehead atoms. The quantitative estimate of drug-likeness (QED) is 0.790. The van der Waals surface area contributed by atoms with E-state index in [9.17, 15) is 4.21 Å². The molecule has 2 nitrogen and oxygen atoms in total. The Bertz CT molecular complexity index is 396. The number of hydrogen-bond acceptors (Lipinski definition) is 1. The second-order valence-corrected chi connectivity index (χ2v) is 7.76. The van der Waals surface area contributed by atoms with Crippen molar-refractivity contribution in [2.24, 2.45) is 0 Å². The summed E-state index contributed by atoms with van der Waals surface area (Å²) in [5.41, 5.74) is 1.29. The van der Waals surface area contributed by atoms with Crippen molar-refractivity contribution in [3.05, 3.63) is 35.9 Å². The molecule has 2 rings (SSSR count). The van der Waals surface area contributed by atoms with Crippen molar-refractivity contribution in [1.29, 1.82) is 0 Å². The lowest BCUT2D eigenvalue weighted by Crippen LogP contribution is -2.37. The predicted octanol–water partition coefficient (Wildman–Crippen LogP) is 3.29. The van der Waals surface area contributed by atoms with Crippen LogP contribution in [0.15, 0.2) is 30.3 Å². The Hall–Kier alpha value is -0.670. The number of benzene rings is 1. The van der Waals surface area contributed by atoms with Crippen LogP contribution in [-0.4, -0.2) is 19.8 Å². The van der Waals surface area contributed by atoms with E-state index in [1.54, 1.807) is 0 Å².